The second kappa shape index (κ2) is 37.6. The molecule has 674 valence electrons. The summed E-state index contributed by atoms with van der Waals surface area (Å²) in [6.07, 6.45) is 12.7. The first-order valence-electron chi connectivity index (χ1n) is 43.8. The zero-order valence-corrected chi connectivity index (χ0v) is 79.3. The number of halogens is 1. The Balaban J connectivity index is 0.000000131. The van der Waals surface area contributed by atoms with Crippen LogP contribution < -0.4 is 38.5 Å². The first-order valence-corrected chi connectivity index (χ1v) is 43.8. The SMILES string of the molecule is CC(C)(C)N1Cc2cnc(N3CCC3)nc2C1.CC1(F)CN(c2ncc3c(n2)CN(C(C)(C)C)C3)C1.CC1CN(c2ncc3c(n2)CN(C(C)(C)C)C3)C1.COC1CN(c2ncc3c(n2)CN(C(C)(C)C)C3)C1.COCCOc1ncnc2c1CN(C(C)(C)C)C2.COc1nc2c(c(OC)n1)CN(C(C)(C)C)C2.COc1ncnc2c1CN(C(C)(C)C)C2. The predicted octanol–water partition coefficient (Wildman–Crippen LogP) is 12.2. The minimum absolute atomic E-state index is 0.110. The lowest BCUT2D eigenvalue weighted by Gasteiger charge is -2.42. The standard InChI is InChI=1S/C14H21FN4.C14H22N4O.C14H22N4.C13H20N4.C13H21N3O2.C12H19N3O2.C11H17N3O/c1-13(2,3)19-6-10-5-16-12(17-11(10)7-19)18-8-14(4,15)9-18;1-14(2,3)18-6-10-5-15-13(16-12(10)9-18)17-7-11(8-17)19-4;1-10-6-17(7-10)13-15-5-11-8-18(14(2,3)4)9-12(11)16-13;1-13(2,3)17-8-10-7-14-12(15-11(10)9-17)16-5-4-6-16;1-13(2,3)16-7-10-11(8-16)14-9-15-12(10)18-6-5-17-4;1-12(2,3)15-6-8-9(7-15)13-11(17-5)14-10(8)16-4;1-11(2,3)14-5-8-9(6-14)12-7-13-10(8)15-4/h5H,6-9H2,1-4H3;5,11H,6-9H2,1-4H3;5,10H,6-9H2,1-4H3;7H,4-6,8-9H2,1-3H3;9H,5-8H2,1-4H3;6-7H2,1-5H3;7H,5-6H2,1-4H3. The van der Waals surface area contributed by atoms with Gasteiger partial charge in [0.15, 0.2) is 0 Å². The van der Waals surface area contributed by atoms with Gasteiger partial charge < -0.3 is 48.0 Å². The summed E-state index contributed by atoms with van der Waals surface area (Å²) in [5.41, 5.74) is 16.3. The second-order valence-corrected chi connectivity index (χ2v) is 41.5. The van der Waals surface area contributed by atoms with E-state index in [4.69, 9.17) is 43.4 Å². The van der Waals surface area contributed by atoms with Crippen molar-refractivity contribution >= 4 is 23.8 Å². The van der Waals surface area contributed by atoms with Crippen LogP contribution in [0.4, 0.5) is 28.2 Å². The maximum atomic E-state index is 13.5. The number of hydrogen-bond donors (Lipinski definition) is 0. The molecule has 123 heavy (non-hydrogen) atoms. The normalized spacial score (nSPS) is 19.0. The van der Waals surface area contributed by atoms with E-state index in [1.165, 1.54) is 45.8 Å². The van der Waals surface area contributed by atoms with Gasteiger partial charge in [-0.15, -0.1) is 0 Å². The Kier molecular flexibility index (Phi) is 28.6. The summed E-state index contributed by atoms with van der Waals surface area (Å²) in [6.45, 7) is 71.3. The molecule has 0 atom stereocenters. The summed E-state index contributed by atoms with van der Waals surface area (Å²) in [4.78, 5) is 87.6. The minimum Gasteiger partial charge on any atom is -0.481 e. The smallest absolute Gasteiger partial charge is 0.319 e. The minimum atomic E-state index is -1.08. The summed E-state index contributed by atoms with van der Waals surface area (Å²) >= 11 is 0. The monoisotopic (exact) mass is 1700 g/mol. The highest BCUT2D eigenvalue weighted by atomic mass is 19.1. The van der Waals surface area contributed by atoms with Gasteiger partial charge in [-0.2, -0.15) is 9.97 Å². The molecular formula is C91H142FN25O6. The van der Waals surface area contributed by atoms with E-state index in [2.05, 4.69) is 256 Å². The van der Waals surface area contributed by atoms with Gasteiger partial charge in [0.05, 0.1) is 104 Å². The highest BCUT2D eigenvalue weighted by Crippen LogP contribution is 2.40. The third-order valence-electron chi connectivity index (χ3n) is 24.7. The molecule has 0 amide bonds. The maximum absolute atomic E-state index is 13.5. The molecular weight excluding hydrogens is 1560 g/mol. The largest absolute Gasteiger partial charge is 0.481 e. The molecule has 18 rings (SSSR count). The van der Waals surface area contributed by atoms with Crippen molar-refractivity contribution in [3.05, 3.63) is 116 Å². The third kappa shape index (κ3) is 23.2. The summed E-state index contributed by atoms with van der Waals surface area (Å²) < 4.78 is 45.1. The van der Waals surface area contributed by atoms with Crippen LogP contribution in [0.1, 0.15) is 244 Å². The number of fused-ring (bicyclic) bond motifs is 7. The zero-order valence-electron chi connectivity index (χ0n) is 79.3. The van der Waals surface area contributed by atoms with Gasteiger partial charge >= 0.3 is 6.01 Å². The molecule has 7 aromatic rings. The molecule has 4 fully saturated rings. The molecule has 7 aromatic heterocycles. The molecule has 0 spiro atoms. The molecule has 0 bridgehead atoms. The summed E-state index contributed by atoms with van der Waals surface area (Å²) in [5.74, 6) is 6.18. The van der Waals surface area contributed by atoms with Crippen LogP contribution >= 0.6 is 0 Å². The van der Waals surface area contributed by atoms with Crippen LogP contribution in [0.15, 0.2) is 37.4 Å². The Morgan fingerprint density at radius 1 is 0.350 bits per heavy atom. The van der Waals surface area contributed by atoms with Crippen molar-refractivity contribution in [2.24, 2.45) is 5.92 Å². The Bertz CT molecular complexity index is 4730. The van der Waals surface area contributed by atoms with E-state index in [1.54, 1.807) is 55.1 Å². The van der Waals surface area contributed by atoms with E-state index in [0.29, 0.717) is 62.0 Å². The van der Waals surface area contributed by atoms with Crippen molar-refractivity contribution in [2.75, 3.05) is 121 Å². The van der Waals surface area contributed by atoms with Gasteiger partial charge in [0, 0.05) is 231 Å². The fraction of sp³-hybridized carbons (Fsp3) is 0.692. The number of alkyl halides is 1. The topological polar surface area (TPSA) is 271 Å². The van der Waals surface area contributed by atoms with Gasteiger partial charge in [0.1, 0.15) is 24.9 Å². The van der Waals surface area contributed by atoms with E-state index < -0.39 is 5.67 Å². The van der Waals surface area contributed by atoms with E-state index in [1.807, 2.05) is 29.7 Å². The van der Waals surface area contributed by atoms with Gasteiger partial charge in [-0.1, -0.05) is 6.92 Å². The number of anilines is 4. The molecule has 4 saturated heterocycles. The highest BCUT2D eigenvalue weighted by Gasteiger charge is 2.43. The molecule has 11 aliphatic heterocycles. The highest BCUT2D eigenvalue weighted by molar-refractivity contribution is 5.43. The molecule has 0 aliphatic carbocycles. The molecule has 0 saturated carbocycles. The molecule has 0 unspecified atom stereocenters. The van der Waals surface area contributed by atoms with Gasteiger partial charge in [-0.3, -0.25) is 34.3 Å². The lowest BCUT2D eigenvalue weighted by molar-refractivity contribution is 0.0778. The average molecular weight is 1700 g/mol. The van der Waals surface area contributed by atoms with Crippen LogP contribution in [-0.4, -0.2) is 256 Å². The number of hydrogen-bond acceptors (Lipinski definition) is 31. The van der Waals surface area contributed by atoms with Crippen molar-refractivity contribution in [1.29, 1.82) is 0 Å². The van der Waals surface area contributed by atoms with Crippen molar-refractivity contribution in [1.82, 2.24) is 104 Å². The lowest BCUT2D eigenvalue weighted by atomic mass is 10.00. The zero-order chi connectivity index (χ0) is 89.3. The van der Waals surface area contributed by atoms with E-state index >= 15 is 0 Å². The first kappa shape index (κ1) is 93.7. The van der Waals surface area contributed by atoms with Crippen LogP contribution in [0.25, 0.3) is 0 Å². The van der Waals surface area contributed by atoms with E-state index in [-0.39, 0.29) is 38.8 Å². The Hall–Kier alpha value is -8.47. The van der Waals surface area contributed by atoms with Crippen LogP contribution in [0.3, 0.4) is 0 Å². The Morgan fingerprint density at radius 3 is 1.02 bits per heavy atom. The summed E-state index contributed by atoms with van der Waals surface area (Å²) in [7, 11) is 8.27. The van der Waals surface area contributed by atoms with Crippen molar-refractivity contribution in [3.63, 3.8) is 0 Å². The number of aromatic nitrogens is 14. The lowest BCUT2D eigenvalue weighted by Crippen LogP contribution is -2.57. The van der Waals surface area contributed by atoms with Crippen molar-refractivity contribution < 1.29 is 32.8 Å². The van der Waals surface area contributed by atoms with Crippen LogP contribution in [0.5, 0.6) is 23.7 Å². The van der Waals surface area contributed by atoms with Gasteiger partial charge in [-0.25, -0.2) is 64.2 Å². The second-order valence-electron chi connectivity index (χ2n) is 41.5. The molecule has 32 heteroatoms. The van der Waals surface area contributed by atoms with Gasteiger partial charge in [0.25, 0.3) is 0 Å². The fourth-order valence-corrected chi connectivity index (χ4v) is 15.8. The summed E-state index contributed by atoms with van der Waals surface area (Å²) in [5, 5.41) is 0. The van der Waals surface area contributed by atoms with Crippen LogP contribution in [0.2, 0.25) is 0 Å². The van der Waals surface area contributed by atoms with E-state index in [0.717, 1.165) is 194 Å². The third-order valence-corrected chi connectivity index (χ3v) is 24.7. The predicted molar refractivity (Wildman–Crippen MR) is 477 cm³/mol. The average Bonchev–Trinajstić information content (AvgIpc) is 1.77. The first-order chi connectivity index (χ1) is 57.7. The van der Waals surface area contributed by atoms with Gasteiger partial charge in [-0.05, 0) is 165 Å². The molecule has 0 radical (unpaired) electrons. The molecule has 0 N–H and O–H groups in total. The van der Waals surface area contributed by atoms with Crippen molar-refractivity contribution in [2.45, 2.75) is 308 Å². The number of nitrogens with zero attached hydrogens (tertiary/aromatic N) is 25. The quantitative estimate of drug-likeness (QED) is 0.103. The fourth-order valence-electron chi connectivity index (χ4n) is 15.8. The van der Waals surface area contributed by atoms with Crippen LogP contribution in [-0.2, 0) is 101 Å². The molecule has 0 aromatic carbocycles. The number of rotatable bonds is 12. The molecule has 31 nitrogen and oxygen atoms in total. The number of methoxy groups -OCH3 is 5. The van der Waals surface area contributed by atoms with E-state index in [9.17, 15) is 4.39 Å². The van der Waals surface area contributed by atoms with Crippen LogP contribution in [0, 0.1) is 5.92 Å². The Labute approximate surface area is 731 Å². The number of ether oxygens (including phenoxy) is 6. The van der Waals surface area contributed by atoms with Gasteiger partial charge in [0.2, 0.25) is 41.4 Å². The van der Waals surface area contributed by atoms with Crippen molar-refractivity contribution in [3.8, 4) is 23.7 Å². The summed E-state index contributed by atoms with van der Waals surface area (Å²) in [6, 6.07) is 0.372. The molecule has 11 aliphatic rings. The molecule has 18 heterocycles. The maximum Gasteiger partial charge on any atom is 0.319 e. The Morgan fingerprint density at radius 2 is 0.683 bits per heavy atom.